The predicted octanol–water partition coefficient (Wildman–Crippen LogP) is 5.18. The van der Waals surface area contributed by atoms with Crippen LogP contribution in [0.1, 0.15) is 16.7 Å². The van der Waals surface area contributed by atoms with Crippen LogP contribution in [0, 0.1) is 6.92 Å². The Hall–Kier alpha value is -2.76. The van der Waals surface area contributed by atoms with E-state index in [0.717, 1.165) is 28.6 Å². The fourth-order valence-electron chi connectivity index (χ4n) is 2.70. The smallest absolute Gasteiger partial charge is 0.416 e. The van der Waals surface area contributed by atoms with Gasteiger partial charge in [0.2, 0.25) is 0 Å². The van der Waals surface area contributed by atoms with E-state index < -0.39 is 11.7 Å². The Labute approximate surface area is 143 Å². The third-order valence-corrected chi connectivity index (χ3v) is 3.96. The normalized spacial score (nSPS) is 11.6. The molecule has 0 bridgehead atoms. The summed E-state index contributed by atoms with van der Waals surface area (Å²) < 4.78 is 43.7. The molecule has 1 heterocycles. The van der Waals surface area contributed by atoms with E-state index in [1.807, 2.05) is 31.2 Å². The zero-order chi connectivity index (χ0) is 18.0. The van der Waals surface area contributed by atoms with Crippen molar-refractivity contribution in [3.63, 3.8) is 0 Å². The van der Waals surface area contributed by atoms with Crippen molar-refractivity contribution in [2.45, 2.75) is 19.6 Å². The van der Waals surface area contributed by atoms with Gasteiger partial charge in [-0.15, -0.1) is 0 Å². The lowest BCUT2D eigenvalue weighted by Gasteiger charge is -2.12. The highest BCUT2D eigenvalue weighted by molar-refractivity contribution is 5.88. The SMILES string of the molecule is COc1cccc2c(C)cc(NCc3cccc(C(F)(F)F)c3)nc12. The first-order chi connectivity index (χ1) is 11.9. The number of benzene rings is 2. The molecular weight excluding hydrogens is 329 g/mol. The topological polar surface area (TPSA) is 34.1 Å². The third kappa shape index (κ3) is 3.68. The molecule has 0 unspecified atom stereocenters. The number of hydrogen-bond donors (Lipinski definition) is 1. The summed E-state index contributed by atoms with van der Waals surface area (Å²) in [6.45, 7) is 2.20. The maximum absolute atomic E-state index is 12.8. The molecule has 0 saturated heterocycles. The predicted molar refractivity (Wildman–Crippen MR) is 91.8 cm³/mol. The number of hydrogen-bond acceptors (Lipinski definition) is 3. The first-order valence-corrected chi connectivity index (χ1v) is 7.73. The molecule has 2 aromatic carbocycles. The number of fused-ring (bicyclic) bond motifs is 1. The average molecular weight is 346 g/mol. The van der Waals surface area contributed by atoms with Crippen LogP contribution in [0.15, 0.2) is 48.5 Å². The lowest BCUT2D eigenvalue weighted by Crippen LogP contribution is -2.07. The zero-order valence-corrected chi connectivity index (χ0v) is 13.8. The fraction of sp³-hybridized carbons (Fsp3) is 0.211. The highest BCUT2D eigenvalue weighted by Gasteiger charge is 2.30. The maximum Gasteiger partial charge on any atom is 0.416 e. The Kier molecular flexibility index (Phi) is 4.53. The fourth-order valence-corrected chi connectivity index (χ4v) is 2.70. The van der Waals surface area contributed by atoms with E-state index in [1.54, 1.807) is 13.2 Å². The highest BCUT2D eigenvalue weighted by Crippen LogP contribution is 2.30. The van der Waals surface area contributed by atoms with E-state index in [1.165, 1.54) is 6.07 Å². The number of para-hydroxylation sites is 1. The standard InChI is InChI=1S/C19H17F3N2O/c1-12-9-17(24-18-15(12)7-4-8-16(18)25-2)23-11-13-5-3-6-14(10-13)19(20,21)22/h3-10H,11H2,1-2H3,(H,23,24). The molecule has 0 aliphatic heterocycles. The minimum absolute atomic E-state index is 0.247. The van der Waals surface area contributed by atoms with Crippen molar-refractivity contribution in [2.75, 3.05) is 12.4 Å². The molecule has 0 aliphatic carbocycles. The lowest BCUT2D eigenvalue weighted by atomic mass is 10.1. The lowest BCUT2D eigenvalue weighted by molar-refractivity contribution is -0.137. The molecule has 0 fully saturated rings. The van der Waals surface area contributed by atoms with Crippen LogP contribution in [-0.4, -0.2) is 12.1 Å². The van der Waals surface area contributed by atoms with Crippen molar-refractivity contribution in [2.24, 2.45) is 0 Å². The zero-order valence-electron chi connectivity index (χ0n) is 13.8. The van der Waals surface area contributed by atoms with E-state index in [9.17, 15) is 13.2 Å². The molecule has 0 spiro atoms. The largest absolute Gasteiger partial charge is 0.494 e. The molecule has 130 valence electrons. The van der Waals surface area contributed by atoms with E-state index in [-0.39, 0.29) is 6.54 Å². The summed E-state index contributed by atoms with van der Waals surface area (Å²) in [6.07, 6.45) is -4.35. The summed E-state index contributed by atoms with van der Waals surface area (Å²) in [5.74, 6) is 1.25. The number of nitrogens with one attached hydrogen (secondary N) is 1. The van der Waals surface area contributed by atoms with Gasteiger partial charge in [-0.1, -0.05) is 24.3 Å². The van der Waals surface area contributed by atoms with Crippen LogP contribution < -0.4 is 10.1 Å². The molecule has 3 rings (SSSR count). The van der Waals surface area contributed by atoms with Gasteiger partial charge in [0.1, 0.15) is 17.1 Å². The molecule has 3 aromatic rings. The Balaban J connectivity index is 1.87. The Bertz CT molecular complexity index is 907. The van der Waals surface area contributed by atoms with Crippen LogP contribution in [0.5, 0.6) is 5.75 Å². The average Bonchev–Trinajstić information content (AvgIpc) is 2.59. The number of methoxy groups -OCH3 is 1. The summed E-state index contributed by atoms with van der Waals surface area (Å²) in [7, 11) is 1.58. The summed E-state index contributed by atoms with van der Waals surface area (Å²) in [5, 5.41) is 4.07. The van der Waals surface area contributed by atoms with Crippen molar-refractivity contribution < 1.29 is 17.9 Å². The van der Waals surface area contributed by atoms with Gasteiger partial charge in [-0.3, -0.25) is 0 Å². The highest BCUT2D eigenvalue weighted by atomic mass is 19.4. The van der Waals surface area contributed by atoms with Crippen molar-refractivity contribution in [1.82, 2.24) is 4.98 Å². The summed E-state index contributed by atoms with van der Waals surface area (Å²) in [6, 6.07) is 12.8. The molecule has 25 heavy (non-hydrogen) atoms. The molecule has 6 heteroatoms. The number of pyridine rings is 1. The number of aromatic nitrogens is 1. The molecule has 1 aromatic heterocycles. The Morgan fingerprint density at radius 2 is 1.84 bits per heavy atom. The molecule has 1 N–H and O–H groups in total. The molecule has 3 nitrogen and oxygen atoms in total. The third-order valence-electron chi connectivity index (χ3n) is 3.96. The minimum Gasteiger partial charge on any atom is -0.494 e. The molecule has 0 amide bonds. The van der Waals surface area contributed by atoms with Gasteiger partial charge in [-0.05, 0) is 42.3 Å². The number of alkyl halides is 3. The van der Waals surface area contributed by atoms with Crippen molar-refractivity contribution in [3.8, 4) is 5.75 Å². The molecule has 0 radical (unpaired) electrons. The number of ether oxygens (including phenoxy) is 1. The van der Waals surface area contributed by atoms with E-state index in [4.69, 9.17) is 4.74 Å². The van der Waals surface area contributed by atoms with E-state index >= 15 is 0 Å². The number of anilines is 1. The summed E-state index contributed by atoms with van der Waals surface area (Å²) >= 11 is 0. The first kappa shape index (κ1) is 17.1. The first-order valence-electron chi connectivity index (χ1n) is 7.73. The summed E-state index contributed by atoms with van der Waals surface area (Å²) in [4.78, 5) is 4.53. The van der Waals surface area contributed by atoms with Crippen LogP contribution in [0.3, 0.4) is 0 Å². The van der Waals surface area contributed by atoms with E-state index in [0.29, 0.717) is 17.1 Å². The van der Waals surface area contributed by atoms with Gasteiger partial charge in [-0.25, -0.2) is 4.98 Å². The van der Waals surface area contributed by atoms with Crippen molar-refractivity contribution in [1.29, 1.82) is 0 Å². The van der Waals surface area contributed by atoms with E-state index in [2.05, 4.69) is 10.3 Å². The maximum atomic E-state index is 12.8. The van der Waals surface area contributed by atoms with Crippen LogP contribution in [0.25, 0.3) is 10.9 Å². The van der Waals surface area contributed by atoms with Crippen LogP contribution in [-0.2, 0) is 12.7 Å². The number of halogens is 3. The van der Waals surface area contributed by atoms with Crippen LogP contribution >= 0.6 is 0 Å². The van der Waals surface area contributed by atoms with Gasteiger partial charge in [-0.2, -0.15) is 13.2 Å². The Morgan fingerprint density at radius 3 is 2.56 bits per heavy atom. The summed E-state index contributed by atoms with van der Waals surface area (Å²) in [5.41, 5.74) is 1.61. The van der Waals surface area contributed by atoms with Gasteiger partial charge in [0.25, 0.3) is 0 Å². The second-order valence-electron chi connectivity index (χ2n) is 5.73. The number of aryl methyl sites for hydroxylation is 1. The van der Waals surface area contributed by atoms with Gasteiger partial charge in [0.15, 0.2) is 0 Å². The number of rotatable bonds is 4. The molecular formula is C19H17F3N2O. The van der Waals surface area contributed by atoms with Gasteiger partial charge in [0, 0.05) is 11.9 Å². The quantitative estimate of drug-likeness (QED) is 0.706. The van der Waals surface area contributed by atoms with Crippen LogP contribution in [0.4, 0.5) is 19.0 Å². The van der Waals surface area contributed by atoms with Gasteiger partial charge < -0.3 is 10.1 Å². The molecule has 0 saturated carbocycles. The van der Waals surface area contributed by atoms with Crippen LogP contribution in [0.2, 0.25) is 0 Å². The molecule has 0 atom stereocenters. The second kappa shape index (κ2) is 6.63. The van der Waals surface area contributed by atoms with Crippen molar-refractivity contribution in [3.05, 3.63) is 65.2 Å². The van der Waals surface area contributed by atoms with Gasteiger partial charge in [0.05, 0.1) is 12.7 Å². The van der Waals surface area contributed by atoms with Crippen molar-refractivity contribution >= 4 is 16.7 Å². The second-order valence-corrected chi connectivity index (χ2v) is 5.73. The molecule has 0 aliphatic rings. The Morgan fingerprint density at radius 1 is 1.08 bits per heavy atom. The monoisotopic (exact) mass is 346 g/mol. The van der Waals surface area contributed by atoms with Gasteiger partial charge >= 0.3 is 6.18 Å². The minimum atomic E-state index is -4.35. The number of nitrogens with zero attached hydrogens (tertiary/aromatic N) is 1.